The van der Waals surface area contributed by atoms with Crippen LogP contribution in [0.25, 0.3) is 0 Å². The van der Waals surface area contributed by atoms with Gasteiger partial charge in [-0.05, 0) is 34.2 Å². The average molecular weight is 590 g/mol. The summed E-state index contributed by atoms with van der Waals surface area (Å²) in [5, 5.41) is 2.40. The molecule has 5 rings (SSSR count). The average Bonchev–Trinajstić information content (AvgIpc) is 2.95. The molecule has 192 valence electrons. The van der Waals surface area contributed by atoms with Crippen LogP contribution in [0.1, 0.15) is 29.7 Å². The topological polar surface area (TPSA) is 75.7 Å². The highest BCUT2D eigenvalue weighted by Crippen LogP contribution is 2.47. The van der Waals surface area contributed by atoms with Crippen molar-refractivity contribution in [1.29, 1.82) is 0 Å². The first kappa shape index (κ1) is 26.0. The largest absolute Gasteiger partial charge is 0.448 e. The Hall–Kier alpha value is -3.62. The number of rotatable bonds is 7. The van der Waals surface area contributed by atoms with E-state index in [2.05, 4.69) is 21.2 Å². The minimum absolute atomic E-state index is 0.169. The first-order valence-electron chi connectivity index (χ1n) is 12.1. The van der Waals surface area contributed by atoms with Gasteiger partial charge in [0.1, 0.15) is 17.1 Å². The van der Waals surface area contributed by atoms with Gasteiger partial charge >= 0.3 is 5.97 Å². The molecule has 0 aliphatic carbocycles. The lowest BCUT2D eigenvalue weighted by Crippen LogP contribution is -2.70. The third-order valence-electron chi connectivity index (χ3n) is 6.50. The van der Waals surface area contributed by atoms with E-state index in [9.17, 15) is 14.4 Å². The van der Waals surface area contributed by atoms with Crippen molar-refractivity contribution < 1.29 is 19.1 Å². The van der Waals surface area contributed by atoms with Gasteiger partial charge in [0.2, 0.25) is 5.91 Å². The number of hydrogen-bond donors (Lipinski definition) is 1. The minimum atomic E-state index is -0.742. The zero-order valence-electron chi connectivity index (χ0n) is 20.5. The fourth-order valence-electron chi connectivity index (χ4n) is 4.58. The van der Waals surface area contributed by atoms with E-state index in [4.69, 9.17) is 4.74 Å². The Bertz CT molecular complexity index is 1370. The maximum absolute atomic E-state index is 13.7. The lowest BCUT2D eigenvalue weighted by molar-refractivity contribution is -0.154. The van der Waals surface area contributed by atoms with Crippen molar-refractivity contribution >= 4 is 45.5 Å². The number of allylic oxidation sites excluding steroid dienone is 1. The number of fused-ring (bicyclic) bond motifs is 1. The molecule has 2 aliphatic heterocycles. The number of β-lactam (4-membered cyclic amide) rings is 1. The standard InChI is InChI=1S/C30H25BrN2O4S/c1-19-23(18-31)38-29-25(32-24(34)17-20-11-5-2-6-12-20)28(35)33(29)26(19)30(36)37-27(21-13-7-3-8-14-21)22-15-9-4-10-16-22/h2-16,18,25,27,29H,17H2,1H3,(H,32,34)/b23-18-/t25?,29-/m1/s1. The van der Waals surface area contributed by atoms with Gasteiger partial charge in [-0.2, -0.15) is 0 Å². The van der Waals surface area contributed by atoms with Gasteiger partial charge in [0.05, 0.1) is 6.42 Å². The zero-order chi connectivity index (χ0) is 26.6. The number of carbonyl (C=O) groups excluding carboxylic acids is 3. The summed E-state index contributed by atoms with van der Waals surface area (Å²) in [6.07, 6.45) is -0.477. The Morgan fingerprint density at radius 1 is 0.974 bits per heavy atom. The number of carbonyl (C=O) groups is 3. The molecule has 1 unspecified atom stereocenters. The lowest BCUT2D eigenvalue weighted by Gasteiger charge is -2.50. The first-order chi connectivity index (χ1) is 18.5. The molecule has 8 heteroatoms. The van der Waals surface area contributed by atoms with Crippen molar-refractivity contribution in [2.45, 2.75) is 30.9 Å². The van der Waals surface area contributed by atoms with E-state index in [1.54, 1.807) is 11.9 Å². The molecule has 1 saturated heterocycles. The normalized spacial score (nSPS) is 19.7. The summed E-state index contributed by atoms with van der Waals surface area (Å²) in [7, 11) is 0. The third kappa shape index (κ3) is 5.19. The van der Waals surface area contributed by atoms with E-state index in [1.807, 2.05) is 91.0 Å². The smallest absolute Gasteiger partial charge is 0.356 e. The number of halogens is 1. The highest BCUT2D eigenvalue weighted by molar-refractivity contribution is 9.11. The number of nitrogens with one attached hydrogen (secondary N) is 1. The molecule has 6 nitrogen and oxygen atoms in total. The third-order valence-corrected chi connectivity index (χ3v) is 8.67. The van der Waals surface area contributed by atoms with Gasteiger partial charge in [0, 0.05) is 4.91 Å². The number of thioether (sulfide) groups is 1. The summed E-state index contributed by atoms with van der Waals surface area (Å²) in [5.41, 5.74) is 3.33. The van der Waals surface area contributed by atoms with Gasteiger partial charge < -0.3 is 10.1 Å². The first-order valence-corrected chi connectivity index (χ1v) is 13.9. The molecule has 0 radical (unpaired) electrons. The summed E-state index contributed by atoms with van der Waals surface area (Å²) in [4.78, 5) is 43.7. The Balaban J connectivity index is 1.39. The van der Waals surface area contributed by atoms with Gasteiger partial charge in [0.25, 0.3) is 5.91 Å². The summed E-state index contributed by atoms with van der Waals surface area (Å²) >= 11 is 4.82. The zero-order valence-corrected chi connectivity index (χ0v) is 22.9. The number of ether oxygens (including phenoxy) is 1. The summed E-state index contributed by atoms with van der Waals surface area (Å²) in [6.45, 7) is 1.79. The molecule has 2 amide bonds. The van der Waals surface area contributed by atoms with E-state index in [-0.39, 0.29) is 23.9 Å². The molecule has 1 fully saturated rings. The molecule has 0 aromatic heterocycles. The molecule has 38 heavy (non-hydrogen) atoms. The van der Waals surface area contributed by atoms with Crippen LogP contribution in [0.5, 0.6) is 0 Å². The molecule has 2 aliphatic rings. The number of hydrogen-bond acceptors (Lipinski definition) is 5. The van der Waals surface area contributed by atoms with E-state index >= 15 is 0 Å². The second kappa shape index (κ2) is 11.4. The van der Waals surface area contributed by atoms with E-state index in [0.717, 1.165) is 21.6 Å². The molecule has 2 heterocycles. The Morgan fingerprint density at radius 3 is 2.08 bits per heavy atom. The monoisotopic (exact) mass is 588 g/mol. The van der Waals surface area contributed by atoms with Crippen molar-refractivity contribution in [2.24, 2.45) is 0 Å². The summed E-state index contributed by atoms with van der Waals surface area (Å²) in [5.74, 6) is -1.18. The minimum Gasteiger partial charge on any atom is -0.448 e. The molecule has 3 aromatic rings. The predicted molar refractivity (Wildman–Crippen MR) is 151 cm³/mol. The van der Waals surface area contributed by atoms with Gasteiger partial charge in [0.15, 0.2) is 6.10 Å². The fourth-order valence-corrected chi connectivity index (χ4v) is 6.47. The van der Waals surface area contributed by atoms with Crippen LogP contribution in [-0.2, 0) is 25.5 Å². The van der Waals surface area contributed by atoms with Crippen LogP contribution in [0.3, 0.4) is 0 Å². The Kier molecular flexibility index (Phi) is 7.81. The van der Waals surface area contributed by atoms with Crippen LogP contribution in [-0.4, -0.2) is 34.1 Å². The van der Waals surface area contributed by atoms with Crippen LogP contribution in [0.2, 0.25) is 0 Å². The van der Waals surface area contributed by atoms with Gasteiger partial charge in [-0.25, -0.2) is 4.79 Å². The highest BCUT2D eigenvalue weighted by atomic mass is 79.9. The van der Waals surface area contributed by atoms with Crippen molar-refractivity contribution in [2.75, 3.05) is 0 Å². The molecule has 2 atom stereocenters. The maximum Gasteiger partial charge on any atom is 0.356 e. The van der Waals surface area contributed by atoms with E-state index < -0.39 is 23.5 Å². The van der Waals surface area contributed by atoms with Crippen molar-refractivity contribution in [3.05, 3.63) is 129 Å². The number of esters is 1. The number of nitrogens with zero attached hydrogens (tertiary/aromatic N) is 1. The van der Waals surface area contributed by atoms with Crippen LogP contribution in [0.4, 0.5) is 0 Å². The van der Waals surface area contributed by atoms with Crippen molar-refractivity contribution in [3.63, 3.8) is 0 Å². The van der Waals surface area contributed by atoms with Gasteiger partial charge in [-0.3, -0.25) is 14.5 Å². The fraction of sp³-hybridized carbons (Fsp3) is 0.167. The van der Waals surface area contributed by atoms with Crippen molar-refractivity contribution in [1.82, 2.24) is 10.2 Å². The summed E-state index contributed by atoms with van der Waals surface area (Å²) < 4.78 is 6.09. The number of amides is 2. The highest BCUT2D eigenvalue weighted by Gasteiger charge is 2.55. The van der Waals surface area contributed by atoms with Crippen LogP contribution in [0.15, 0.2) is 112 Å². The molecular weight excluding hydrogens is 564 g/mol. The Morgan fingerprint density at radius 2 is 1.53 bits per heavy atom. The molecule has 0 spiro atoms. The van der Waals surface area contributed by atoms with Crippen molar-refractivity contribution in [3.8, 4) is 0 Å². The predicted octanol–water partition coefficient (Wildman–Crippen LogP) is 5.47. The lowest BCUT2D eigenvalue weighted by atomic mass is 10.0. The van der Waals surface area contributed by atoms with Gasteiger partial charge in [-0.15, -0.1) is 0 Å². The van der Waals surface area contributed by atoms with E-state index in [1.165, 1.54) is 16.7 Å². The molecule has 1 N–H and O–H groups in total. The molecular formula is C30H25BrN2O4S. The second-order valence-corrected chi connectivity index (χ2v) is 10.6. The summed E-state index contributed by atoms with van der Waals surface area (Å²) in [6, 6.07) is 27.6. The Labute approximate surface area is 233 Å². The van der Waals surface area contributed by atoms with E-state index in [0.29, 0.717) is 5.57 Å². The van der Waals surface area contributed by atoms with Crippen LogP contribution < -0.4 is 5.32 Å². The molecule has 0 bridgehead atoms. The number of benzene rings is 3. The van der Waals surface area contributed by atoms with Crippen LogP contribution in [0, 0.1) is 0 Å². The van der Waals surface area contributed by atoms with Gasteiger partial charge in [-0.1, -0.05) is 119 Å². The molecule has 0 saturated carbocycles. The quantitative estimate of drug-likeness (QED) is 0.292. The maximum atomic E-state index is 13.7. The van der Waals surface area contributed by atoms with Crippen LogP contribution >= 0.6 is 27.7 Å². The SMILES string of the molecule is CC1=C(C(=O)OC(c2ccccc2)c2ccccc2)N2C(=O)C(NC(=O)Cc3ccccc3)[C@H]2S/C1=C\Br. The second-order valence-electron chi connectivity index (χ2n) is 8.98. The molecule has 3 aromatic carbocycles.